The zero-order chi connectivity index (χ0) is 18.9. The molecule has 0 radical (unpaired) electrons. The molecule has 1 fully saturated rings. The van der Waals surface area contributed by atoms with Crippen LogP contribution < -0.4 is 5.32 Å². The van der Waals surface area contributed by atoms with Gasteiger partial charge in [-0.25, -0.2) is 0 Å². The van der Waals surface area contributed by atoms with Crippen molar-refractivity contribution in [3.05, 3.63) is 53.3 Å². The van der Waals surface area contributed by atoms with Gasteiger partial charge in [0.25, 0.3) is 10.2 Å². The lowest BCUT2D eigenvalue weighted by Crippen LogP contribution is -2.38. The van der Waals surface area contributed by atoms with E-state index in [9.17, 15) is 8.42 Å². The molecule has 0 aliphatic carbocycles. The number of nitrogens with one attached hydrogen (secondary N) is 1. The maximum atomic E-state index is 12.3. The van der Waals surface area contributed by atoms with Crippen molar-refractivity contribution in [3.8, 4) is 0 Å². The highest BCUT2D eigenvalue weighted by Gasteiger charge is 2.34. The Labute approximate surface area is 156 Å². The van der Waals surface area contributed by atoms with Crippen LogP contribution in [0.1, 0.15) is 29.3 Å². The Morgan fingerprint density at radius 2 is 1.81 bits per heavy atom. The second-order valence-corrected chi connectivity index (χ2v) is 9.19. The van der Waals surface area contributed by atoms with Gasteiger partial charge in [-0.3, -0.25) is 4.98 Å². The van der Waals surface area contributed by atoms with Crippen LogP contribution in [0.25, 0.3) is 0 Å². The van der Waals surface area contributed by atoms with E-state index < -0.39 is 10.2 Å². The molecule has 1 saturated heterocycles. The molecule has 0 spiro atoms. The second-order valence-electron chi connectivity index (χ2n) is 7.05. The van der Waals surface area contributed by atoms with Crippen molar-refractivity contribution in [2.75, 3.05) is 32.5 Å². The summed E-state index contributed by atoms with van der Waals surface area (Å²) in [6, 6.07) is 12.3. The van der Waals surface area contributed by atoms with Gasteiger partial charge in [-0.15, -0.1) is 0 Å². The van der Waals surface area contributed by atoms with E-state index >= 15 is 0 Å². The number of aromatic nitrogens is 1. The highest BCUT2D eigenvalue weighted by atomic mass is 32.2. The maximum absolute atomic E-state index is 12.3. The van der Waals surface area contributed by atoms with Crippen molar-refractivity contribution >= 4 is 21.6 Å². The van der Waals surface area contributed by atoms with Gasteiger partial charge in [0.1, 0.15) is 0 Å². The van der Waals surface area contributed by atoms with Gasteiger partial charge in [-0.1, -0.05) is 17.7 Å². The summed E-state index contributed by atoms with van der Waals surface area (Å²) in [5, 5.41) is 3.42. The zero-order valence-electron chi connectivity index (χ0n) is 15.7. The van der Waals surface area contributed by atoms with Gasteiger partial charge in [0.2, 0.25) is 0 Å². The molecule has 3 rings (SSSR count). The van der Waals surface area contributed by atoms with Crippen molar-refractivity contribution in [2.24, 2.45) is 0 Å². The van der Waals surface area contributed by atoms with E-state index in [0.29, 0.717) is 13.1 Å². The predicted octanol–water partition coefficient (Wildman–Crippen LogP) is 3.04. The van der Waals surface area contributed by atoms with Gasteiger partial charge < -0.3 is 5.32 Å². The van der Waals surface area contributed by atoms with E-state index in [4.69, 9.17) is 0 Å². The number of pyridine rings is 1. The quantitative estimate of drug-likeness (QED) is 0.874. The first-order chi connectivity index (χ1) is 12.3. The van der Waals surface area contributed by atoms with Gasteiger partial charge in [0, 0.05) is 55.9 Å². The molecule has 26 heavy (non-hydrogen) atoms. The normalized spacial score (nSPS) is 18.4. The number of nitrogens with zero attached hydrogens (tertiary/aromatic N) is 3. The fraction of sp³-hybridized carbons (Fsp3) is 0.421. The Morgan fingerprint density at radius 1 is 1.12 bits per heavy atom. The van der Waals surface area contributed by atoms with E-state index in [2.05, 4.69) is 29.4 Å². The van der Waals surface area contributed by atoms with Crippen molar-refractivity contribution in [2.45, 2.75) is 26.2 Å². The molecule has 0 amide bonds. The average Bonchev–Trinajstić information content (AvgIpc) is 3.07. The molecule has 0 saturated carbocycles. The molecule has 1 aliphatic rings. The molecule has 0 bridgehead atoms. The largest absolute Gasteiger partial charge is 0.355 e. The predicted molar refractivity (Wildman–Crippen MR) is 105 cm³/mol. The number of aryl methyl sites for hydroxylation is 2. The Morgan fingerprint density at radius 3 is 2.46 bits per heavy atom. The van der Waals surface area contributed by atoms with Crippen LogP contribution in [0.3, 0.4) is 0 Å². The van der Waals surface area contributed by atoms with Crippen LogP contribution in [-0.4, -0.2) is 49.2 Å². The lowest BCUT2D eigenvalue weighted by atomic mass is 10.0. The van der Waals surface area contributed by atoms with Gasteiger partial charge in [0.05, 0.1) is 0 Å². The second kappa shape index (κ2) is 7.34. The molecular weight excluding hydrogens is 348 g/mol. The Hall–Kier alpha value is -1.96. The molecule has 1 atom stereocenters. The van der Waals surface area contributed by atoms with Crippen LogP contribution in [0, 0.1) is 13.8 Å². The molecule has 7 heteroatoms. The van der Waals surface area contributed by atoms with Crippen LogP contribution in [-0.2, 0) is 10.2 Å². The topological polar surface area (TPSA) is 65.5 Å². The van der Waals surface area contributed by atoms with Crippen molar-refractivity contribution in [3.63, 3.8) is 0 Å². The summed E-state index contributed by atoms with van der Waals surface area (Å²) >= 11 is 0. The minimum atomic E-state index is -3.37. The minimum Gasteiger partial charge on any atom is -0.355 e. The third-order valence-corrected chi connectivity index (χ3v) is 6.58. The summed E-state index contributed by atoms with van der Waals surface area (Å²) in [5.74, 6) is 0.114. The molecule has 2 heterocycles. The van der Waals surface area contributed by atoms with Crippen LogP contribution in [0.5, 0.6) is 0 Å². The number of hydrogen-bond acceptors (Lipinski definition) is 4. The monoisotopic (exact) mass is 374 g/mol. The summed E-state index contributed by atoms with van der Waals surface area (Å²) in [6.07, 6.45) is 0.785. The standard InChI is InChI=1S/C19H26N4O2S/c1-14-5-7-17(8-6-14)21-18-11-15(2)20-19(12-18)16-9-10-23(13-16)26(24,25)22(3)4/h5-8,11-12,16H,9-10,13H2,1-4H3,(H,20,21)/t16-/m1/s1. The average molecular weight is 375 g/mol. The van der Waals surface area contributed by atoms with Crippen LogP contribution in [0.2, 0.25) is 0 Å². The lowest BCUT2D eigenvalue weighted by Gasteiger charge is -2.21. The Kier molecular flexibility index (Phi) is 5.32. The van der Waals surface area contributed by atoms with E-state index in [-0.39, 0.29) is 5.92 Å². The van der Waals surface area contributed by atoms with Crippen LogP contribution >= 0.6 is 0 Å². The van der Waals surface area contributed by atoms with E-state index in [1.54, 1.807) is 14.1 Å². The minimum absolute atomic E-state index is 0.114. The summed E-state index contributed by atoms with van der Waals surface area (Å²) < 4.78 is 27.5. The summed E-state index contributed by atoms with van der Waals surface area (Å²) in [5.41, 5.74) is 5.08. The molecule has 1 N–H and O–H groups in total. The molecule has 1 aliphatic heterocycles. The Bertz CT molecular complexity index is 879. The summed E-state index contributed by atoms with van der Waals surface area (Å²) in [4.78, 5) is 4.66. The van der Waals surface area contributed by atoms with Gasteiger partial charge in [-0.2, -0.15) is 17.0 Å². The van der Waals surface area contributed by atoms with Crippen molar-refractivity contribution in [1.29, 1.82) is 0 Å². The lowest BCUT2D eigenvalue weighted by molar-refractivity contribution is 0.418. The first-order valence-corrected chi connectivity index (χ1v) is 10.2. The van der Waals surface area contributed by atoms with Crippen LogP contribution in [0.4, 0.5) is 11.4 Å². The van der Waals surface area contributed by atoms with Gasteiger partial charge in [0.15, 0.2) is 0 Å². The van der Waals surface area contributed by atoms with Crippen molar-refractivity contribution in [1.82, 2.24) is 13.6 Å². The molecule has 140 valence electrons. The Balaban J connectivity index is 1.79. The fourth-order valence-electron chi connectivity index (χ4n) is 3.19. The van der Waals surface area contributed by atoms with E-state index in [1.807, 2.05) is 31.2 Å². The van der Waals surface area contributed by atoms with Gasteiger partial charge >= 0.3 is 0 Å². The van der Waals surface area contributed by atoms with Gasteiger partial charge in [-0.05, 0) is 44.5 Å². The summed E-state index contributed by atoms with van der Waals surface area (Å²) in [6.45, 7) is 5.03. The van der Waals surface area contributed by atoms with E-state index in [0.717, 1.165) is 29.2 Å². The summed E-state index contributed by atoms with van der Waals surface area (Å²) in [7, 11) is -0.234. The number of anilines is 2. The fourth-order valence-corrected chi connectivity index (χ4v) is 4.36. The molecular formula is C19H26N4O2S. The third-order valence-electron chi connectivity index (χ3n) is 4.67. The van der Waals surface area contributed by atoms with Crippen molar-refractivity contribution < 1.29 is 8.42 Å². The van der Waals surface area contributed by atoms with Crippen LogP contribution in [0.15, 0.2) is 36.4 Å². The highest BCUT2D eigenvalue weighted by molar-refractivity contribution is 7.86. The first-order valence-electron chi connectivity index (χ1n) is 8.75. The van der Waals surface area contributed by atoms with E-state index in [1.165, 1.54) is 14.2 Å². The molecule has 0 unspecified atom stereocenters. The number of benzene rings is 1. The molecule has 2 aromatic rings. The SMILES string of the molecule is Cc1ccc(Nc2cc(C)nc([C@@H]3CCN(S(=O)(=O)N(C)C)C3)c2)cc1. The third kappa shape index (κ3) is 4.06. The number of rotatable bonds is 5. The first kappa shape index (κ1) is 18.8. The number of hydrogen-bond donors (Lipinski definition) is 1. The smallest absolute Gasteiger partial charge is 0.281 e. The highest BCUT2D eigenvalue weighted by Crippen LogP contribution is 2.30. The molecule has 6 nitrogen and oxygen atoms in total. The maximum Gasteiger partial charge on any atom is 0.281 e. The zero-order valence-corrected chi connectivity index (χ0v) is 16.5. The molecule has 1 aromatic carbocycles. The molecule has 1 aromatic heterocycles.